The molecule has 3 rings (SSSR count). The van der Waals surface area contributed by atoms with Crippen LogP contribution in [0.5, 0.6) is 0 Å². The number of aromatic nitrogens is 4. The summed E-state index contributed by atoms with van der Waals surface area (Å²) in [6, 6.07) is 11.5. The van der Waals surface area contributed by atoms with Gasteiger partial charge in [-0.05, 0) is 19.9 Å². The Kier molecular flexibility index (Phi) is 3.50. The lowest BCUT2D eigenvalue weighted by Crippen LogP contribution is -2.13. The molecule has 0 radical (unpaired) electrons. The molecule has 0 saturated heterocycles. The van der Waals surface area contributed by atoms with E-state index < -0.39 is 0 Å². The summed E-state index contributed by atoms with van der Waals surface area (Å²) in [7, 11) is 1.85. The van der Waals surface area contributed by atoms with Crippen LogP contribution in [0.15, 0.2) is 36.4 Å². The van der Waals surface area contributed by atoms with E-state index in [4.69, 9.17) is 0 Å². The van der Waals surface area contributed by atoms with Crippen LogP contribution in [0.4, 0.5) is 5.69 Å². The monoisotopic (exact) mass is 295 g/mol. The molecule has 2 heterocycles. The molecule has 3 aromatic rings. The van der Waals surface area contributed by atoms with Crippen molar-refractivity contribution in [3.8, 4) is 11.3 Å². The molecule has 0 saturated carbocycles. The van der Waals surface area contributed by atoms with Gasteiger partial charge in [-0.25, -0.2) is 0 Å². The molecule has 0 fully saturated rings. The second-order valence-corrected chi connectivity index (χ2v) is 5.16. The quantitative estimate of drug-likeness (QED) is 0.780. The summed E-state index contributed by atoms with van der Waals surface area (Å²) in [6.07, 6.45) is 0. The minimum absolute atomic E-state index is 0.228. The van der Waals surface area contributed by atoms with E-state index in [-0.39, 0.29) is 5.91 Å². The van der Waals surface area contributed by atoms with Crippen molar-refractivity contribution in [1.29, 1.82) is 0 Å². The summed E-state index contributed by atoms with van der Waals surface area (Å²) in [6.45, 7) is 3.78. The first-order valence-electron chi connectivity index (χ1n) is 6.98. The minimum Gasteiger partial charge on any atom is -0.318 e. The van der Waals surface area contributed by atoms with Crippen molar-refractivity contribution >= 4 is 11.6 Å². The van der Waals surface area contributed by atoms with Crippen LogP contribution in [-0.2, 0) is 7.05 Å². The highest BCUT2D eigenvalue weighted by molar-refractivity contribution is 6.04. The molecule has 6 nitrogen and oxygen atoms in total. The molecule has 0 unspecified atom stereocenters. The number of nitrogens with zero attached hydrogens (tertiary/aromatic N) is 3. The van der Waals surface area contributed by atoms with Crippen molar-refractivity contribution in [2.24, 2.45) is 7.05 Å². The maximum atomic E-state index is 12.4. The predicted octanol–water partition coefficient (Wildman–Crippen LogP) is 2.68. The Bertz CT molecular complexity index is 816. The second kappa shape index (κ2) is 5.48. The van der Waals surface area contributed by atoms with Gasteiger partial charge in [-0.15, -0.1) is 0 Å². The van der Waals surface area contributed by atoms with Gasteiger partial charge in [0, 0.05) is 12.6 Å². The second-order valence-electron chi connectivity index (χ2n) is 5.16. The topological polar surface area (TPSA) is 75.6 Å². The van der Waals surface area contributed by atoms with E-state index in [1.807, 2.05) is 51.2 Å². The maximum absolute atomic E-state index is 12.4. The molecule has 0 spiro atoms. The zero-order valence-corrected chi connectivity index (χ0v) is 12.7. The Morgan fingerprint density at radius 3 is 2.59 bits per heavy atom. The third-order valence-corrected chi connectivity index (χ3v) is 3.64. The first-order chi connectivity index (χ1) is 10.6. The average Bonchev–Trinajstić information content (AvgIpc) is 3.10. The van der Waals surface area contributed by atoms with Crippen molar-refractivity contribution in [3.05, 3.63) is 53.5 Å². The Hall–Kier alpha value is -2.89. The number of hydrogen-bond donors (Lipinski definition) is 2. The summed E-state index contributed by atoms with van der Waals surface area (Å²) in [5, 5.41) is 14.1. The Morgan fingerprint density at radius 2 is 1.95 bits per heavy atom. The average molecular weight is 295 g/mol. The third-order valence-electron chi connectivity index (χ3n) is 3.64. The van der Waals surface area contributed by atoms with Gasteiger partial charge in [0.1, 0.15) is 5.69 Å². The van der Waals surface area contributed by atoms with Gasteiger partial charge >= 0.3 is 0 Å². The van der Waals surface area contributed by atoms with Crippen LogP contribution >= 0.6 is 0 Å². The van der Waals surface area contributed by atoms with Crippen LogP contribution in [0.3, 0.4) is 0 Å². The molecule has 1 aromatic carbocycles. The van der Waals surface area contributed by atoms with Crippen LogP contribution in [-0.4, -0.2) is 25.9 Å². The van der Waals surface area contributed by atoms with Gasteiger partial charge in [0.15, 0.2) is 0 Å². The van der Waals surface area contributed by atoms with Crippen molar-refractivity contribution in [2.75, 3.05) is 5.32 Å². The van der Waals surface area contributed by atoms with Crippen LogP contribution in [0.2, 0.25) is 0 Å². The number of benzene rings is 1. The molecule has 0 aliphatic carbocycles. The smallest absolute Gasteiger partial charge is 0.273 e. The highest BCUT2D eigenvalue weighted by Gasteiger charge is 2.16. The number of rotatable bonds is 3. The summed E-state index contributed by atoms with van der Waals surface area (Å²) >= 11 is 0. The van der Waals surface area contributed by atoms with Gasteiger partial charge in [-0.3, -0.25) is 14.6 Å². The number of hydrogen-bond acceptors (Lipinski definition) is 3. The Labute approximate surface area is 128 Å². The van der Waals surface area contributed by atoms with Crippen molar-refractivity contribution in [1.82, 2.24) is 20.0 Å². The van der Waals surface area contributed by atoms with Crippen LogP contribution < -0.4 is 5.32 Å². The molecule has 1 amide bonds. The molecule has 22 heavy (non-hydrogen) atoms. The fourth-order valence-electron chi connectivity index (χ4n) is 2.33. The first kappa shape index (κ1) is 14.1. The van der Waals surface area contributed by atoms with Crippen molar-refractivity contribution in [3.63, 3.8) is 0 Å². The van der Waals surface area contributed by atoms with E-state index >= 15 is 0 Å². The van der Waals surface area contributed by atoms with Crippen LogP contribution in [0.25, 0.3) is 11.3 Å². The van der Waals surface area contributed by atoms with Crippen molar-refractivity contribution in [2.45, 2.75) is 13.8 Å². The summed E-state index contributed by atoms with van der Waals surface area (Å²) < 4.78 is 1.74. The maximum Gasteiger partial charge on any atom is 0.273 e. The number of aromatic amines is 1. The van der Waals surface area contributed by atoms with Crippen LogP contribution in [0, 0.1) is 13.8 Å². The molecule has 2 aromatic heterocycles. The highest BCUT2D eigenvalue weighted by atomic mass is 16.2. The SMILES string of the molecule is Cc1nn(C)c(C)c1NC(=O)c1cc(-c2ccccc2)n[nH]1. The molecule has 0 bridgehead atoms. The number of carbonyl (C=O) groups is 1. The number of aryl methyl sites for hydroxylation is 2. The Morgan fingerprint density at radius 1 is 1.23 bits per heavy atom. The van der Waals surface area contributed by atoms with Gasteiger partial charge in [-0.2, -0.15) is 10.2 Å². The van der Waals surface area contributed by atoms with Gasteiger partial charge in [0.05, 0.1) is 22.8 Å². The van der Waals surface area contributed by atoms with Crippen LogP contribution in [0.1, 0.15) is 21.9 Å². The lowest BCUT2D eigenvalue weighted by Gasteiger charge is -2.03. The summed E-state index contributed by atoms with van der Waals surface area (Å²) in [5.74, 6) is -0.228. The zero-order valence-electron chi connectivity index (χ0n) is 12.7. The van der Waals surface area contributed by atoms with E-state index in [0.29, 0.717) is 5.69 Å². The van der Waals surface area contributed by atoms with Gasteiger partial charge in [-0.1, -0.05) is 30.3 Å². The third kappa shape index (κ3) is 2.50. The zero-order chi connectivity index (χ0) is 15.7. The number of amides is 1. The number of anilines is 1. The Balaban J connectivity index is 1.83. The molecule has 0 atom stereocenters. The largest absolute Gasteiger partial charge is 0.318 e. The molecular weight excluding hydrogens is 278 g/mol. The molecule has 6 heteroatoms. The number of H-pyrrole nitrogens is 1. The first-order valence-corrected chi connectivity index (χ1v) is 6.98. The minimum atomic E-state index is -0.228. The van der Waals surface area contributed by atoms with E-state index in [0.717, 1.165) is 28.3 Å². The molecule has 112 valence electrons. The van der Waals surface area contributed by atoms with Gasteiger partial charge in [0.25, 0.3) is 5.91 Å². The molecule has 2 N–H and O–H groups in total. The summed E-state index contributed by atoms with van der Waals surface area (Å²) in [5.41, 5.74) is 4.56. The van der Waals surface area contributed by atoms with E-state index in [9.17, 15) is 4.79 Å². The van der Waals surface area contributed by atoms with E-state index in [1.54, 1.807) is 10.7 Å². The number of carbonyl (C=O) groups excluding carboxylic acids is 1. The standard InChI is InChI=1S/C16H17N5O/c1-10-15(11(2)21(3)20-10)17-16(22)14-9-13(18-19-14)12-7-5-4-6-8-12/h4-9H,1-3H3,(H,17,22)(H,18,19). The fourth-order valence-corrected chi connectivity index (χ4v) is 2.33. The van der Waals surface area contributed by atoms with Gasteiger partial charge in [0.2, 0.25) is 0 Å². The van der Waals surface area contributed by atoms with Crippen molar-refractivity contribution < 1.29 is 4.79 Å². The molecule has 0 aliphatic heterocycles. The van der Waals surface area contributed by atoms with Gasteiger partial charge < -0.3 is 5.32 Å². The fraction of sp³-hybridized carbons (Fsp3) is 0.188. The highest BCUT2D eigenvalue weighted by Crippen LogP contribution is 2.21. The van der Waals surface area contributed by atoms with E-state index in [1.165, 1.54) is 0 Å². The lowest BCUT2D eigenvalue weighted by molar-refractivity contribution is 0.102. The predicted molar refractivity (Wildman–Crippen MR) is 84.7 cm³/mol. The van der Waals surface area contributed by atoms with E-state index in [2.05, 4.69) is 20.6 Å². The lowest BCUT2D eigenvalue weighted by atomic mass is 10.1. The normalized spacial score (nSPS) is 10.7. The summed E-state index contributed by atoms with van der Waals surface area (Å²) in [4.78, 5) is 12.4. The number of nitrogens with one attached hydrogen (secondary N) is 2. The molecule has 0 aliphatic rings. The molecular formula is C16H17N5O.